The first-order chi connectivity index (χ1) is 7.77. The molecule has 16 heavy (non-hydrogen) atoms. The predicted octanol–water partition coefficient (Wildman–Crippen LogP) is 2.78. The third-order valence-electron chi connectivity index (χ3n) is 4.36. The van der Waals surface area contributed by atoms with E-state index in [1.165, 1.54) is 58.0 Å². The van der Waals surface area contributed by atoms with Crippen molar-refractivity contribution in [3.05, 3.63) is 0 Å². The van der Waals surface area contributed by atoms with E-state index in [9.17, 15) is 0 Å². The minimum absolute atomic E-state index is 0.682. The van der Waals surface area contributed by atoms with Crippen LogP contribution in [0.5, 0.6) is 0 Å². The molecule has 2 heteroatoms. The number of rotatable bonds is 1. The number of hydrogen-bond donors (Lipinski definition) is 1. The van der Waals surface area contributed by atoms with Gasteiger partial charge in [-0.15, -0.1) is 0 Å². The van der Waals surface area contributed by atoms with Crippen molar-refractivity contribution in [1.29, 1.82) is 0 Å². The van der Waals surface area contributed by atoms with Crippen LogP contribution in [0.25, 0.3) is 0 Å². The number of nitrogens with zero attached hydrogens (tertiary/aromatic N) is 1. The normalized spacial score (nSPS) is 35.6. The zero-order valence-electron chi connectivity index (χ0n) is 11.0. The van der Waals surface area contributed by atoms with Crippen molar-refractivity contribution in [3.8, 4) is 0 Å². The lowest BCUT2D eigenvalue weighted by molar-refractivity contribution is 0.0795. The second-order valence-corrected chi connectivity index (χ2v) is 5.85. The van der Waals surface area contributed by atoms with Gasteiger partial charge in [0.1, 0.15) is 0 Å². The van der Waals surface area contributed by atoms with Gasteiger partial charge in [-0.3, -0.25) is 4.90 Å². The van der Waals surface area contributed by atoms with E-state index < -0.39 is 0 Å². The molecular weight excluding hydrogens is 196 g/mol. The molecule has 0 amide bonds. The van der Waals surface area contributed by atoms with Gasteiger partial charge in [-0.25, -0.2) is 0 Å². The summed E-state index contributed by atoms with van der Waals surface area (Å²) < 4.78 is 0. The number of nitrogens with one attached hydrogen (secondary N) is 1. The fourth-order valence-corrected chi connectivity index (χ4v) is 3.32. The van der Waals surface area contributed by atoms with Crippen LogP contribution in [0.1, 0.15) is 58.8 Å². The van der Waals surface area contributed by atoms with Gasteiger partial charge < -0.3 is 5.32 Å². The lowest BCUT2D eigenvalue weighted by Crippen LogP contribution is -2.57. The van der Waals surface area contributed by atoms with Gasteiger partial charge in [0.25, 0.3) is 0 Å². The molecule has 0 bridgehead atoms. The average Bonchev–Trinajstić information content (AvgIpc) is 2.22. The summed E-state index contributed by atoms with van der Waals surface area (Å²) in [7, 11) is 0. The van der Waals surface area contributed by atoms with E-state index in [0.717, 1.165) is 12.1 Å². The van der Waals surface area contributed by atoms with Crippen molar-refractivity contribution in [2.75, 3.05) is 13.1 Å². The van der Waals surface area contributed by atoms with Gasteiger partial charge in [0, 0.05) is 31.2 Å². The van der Waals surface area contributed by atoms with Crippen molar-refractivity contribution >= 4 is 0 Å². The molecule has 1 aliphatic carbocycles. The van der Waals surface area contributed by atoms with Crippen LogP contribution in [0.4, 0.5) is 0 Å². The van der Waals surface area contributed by atoms with Gasteiger partial charge in [0.2, 0.25) is 0 Å². The van der Waals surface area contributed by atoms with Crippen LogP contribution in [0.15, 0.2) is 0 Å². The van der Waals surface area contributed by atoms with E-state index in [4.69, 9.17) is 0 Å². The number of hydrogen-bond acceptors (Lipinski definition) is 2. The summed E-state index contributed by atoms with van der Waals surface area (Å²) in [5, 5.41) is 3.59. The molecule has 94 valence electrons. The van der Waals surface area contributed by atoms with Crippen molar-refractivity contribution in [2.24, 2.45) is 0 Å². The molecule has 0 aromatic heterocycles. The summed E-state index contributed by atoms with van der Waals surface area (Å²) in [4.78, 5) is 2.78. The highest BCUT2D eigenvalue weighted by molar-refractivity contribution is 4.86. The molecule has 1 heterocycles. The molecule has 2 aliphatic rings. The standard InChI is InChI=1S/C14H28N2/c1-12-11-16(13(2)10-15-12)14-8-6-4-3-5-7-9-14/h12-15H,3-11H2,1-2H3. The Morgan fingerprint density at radius 2 is 1.56 bits per heavy atom. The highest BCUT2D eigenvalue weighted by atomic mass is 15.2. The van der Waals surface area contributed by atoms with Crippen molar-refractivity contribution < 1.29 is 0 Å². The molecule has 0 spiro atoms. The molecule has 1 saturated heterocycles. The van der Waals surface area contributed by atoms with Crippen molar-refractivity contribution in [2.45, 2.75) is 76.9 Å². The molecule has 1 N–H and O–H groups in total. The van der Waals surface area contributed by atoms with Gasteiger partial charge in [-0.1, -0.05) is 32.1 Å². The van der Waals surface area contributed by atoms with Crippen LogP contribution in [-0.4, -0.2) is 36.1 Å². The van der Waals surface area contributed by atoms with E-state index in [1.807, 2.05) is 0 Å². The minimum Gasteiger partial charge on any atom is -0.311 e. The Morgan fingerprint density at radius 1 is 0.938 bits per heavy atom. The second-order valence-electron chi connectivity index (χ2n) is 5.85. The van der Waals surface area contributed by atoms with Crippen LogP contribution in [-0.2, 0) is 0 Å². The maximum atomic E-state index is 3.59. The second kappa shape index (κ2) is 6.02. The van der Waals surface area contributed by atoms with E-state index in [1.54, 1.807) is 0 Å². The highest BCUT2D eigenvalue weighted by Crippen LogP contribution is 2.24. The van der Waals surface area contributed by atoms with Crippen LogP contribution in [0.2, 0.25) is 0 Å². The lowest BCUT2D eigenvalue weighted by atomic mass is 9.93. The third-order valence-corrected chi connectivity index (χ3v) is 4.36. The third kappa shape index (κ3) is 3.21. The van der Waals surface area contributed by atoms with E-state index >= 15 is 0 Å². The Bertz CT molecular complexity index is 197. The van der Waals surface area contributed by atoms with Gasteiger partial charge in [-0.05, 0) is 26.7 Å². The zero-order valence-corrected chi connectivity index (χ0v) is 11.0. The Labute approximate surface area is 101 Å². The summed E-state index contributed by atoms with van der Waals surface area (Å²) in [5.41, 5.74) is 0. The summed E-state index contributed by atoms with van der Waals surface area (Å²) >= 11 is 0. The molecule has 1 saturated carbocycles. The zero-order chi connectivity index (χ0) is 11.4. The van der Waals surface area contributed by atoms with Gasteiger partial charge in [0.15, 0.2) is 0 Å². The molecule has 2 nitrogen and oxygen atoms in total. The van der Waals surface area contributed by atoms with Crippen LogP contribution in [0, 0.1) is 0 Å². The Kier molecular flexibility index (Phi) is 4.66. The van der Waals surface area contributed by atoms with E-state index in [2.05, 4.69) is 24.1 Å². The fourth-order valence-electron chi connectivity index (χ4n) is 3.32. The number of piperazine rings is 1. The maximum Gasteiger partial charge on any atom is 0.0196 e. The Morgan fingerprint density at radius 3 is 2.25 bits per heavy atom. The van der Waals surface area contributed by atoms with E-state index in [0.29, 0.717) is 6.04 Å². The molecule has 2 fully saturated rings. The molecule has 0 aromatic rings. The highest BCUT2D eigenvalue weighted by Gasteiger charge is 2.28. The van der Waals surface area contributed by atoms with Gasteiger partial charge in [0.05, 0.1) is 0 Å². The van der Waals surface area contributed by atoms with Gasteiger partial charge >= 0.3 is 0 Å². The molecule has 2 unspecified atom stereocenters. The van der Waals surface area contributed by atoms with Gasteiger partial charge in [-0.2, -0.15) is 0 Å². The smallest absolute Gasteiger partial charge is 0.0196 e. The first-order valence-corrected chi connectivity index (χ1v) is 7.26. The molecule has 0 radical (unpaired) electrons. The van der Waals surface area contributed by atoms with E-state index in [-0.39, 0.29) is 0 Å². The quantitative estimate of drug-likeness (QED) is 0.737. The summed E-state index contributed by atoms with van der Waals surface area (Å²) in [6.45, 7) is 7.14. The molecule has 2 atom stereocenters. The largest absolute Gasteiger partial charge is 0.311 e. The van der Waals surface area contributed by atoms with Crippen LogP contribution < -0.4 is 5.32 Å². The Balaban J connectivity index is 1.91. The SMILES string of the molecule is CC1CN(C2CCCCCCC2)C(C)CN1. The van der Waals surface area contributed by atoms with Crippen molar-refractivity contribution in [3.63, 3.8) is 0 Å². The lowest BCUT2D eigenvalue weighted by Gasteiger charge is -2.43. The van der Waals surface area contributed by atoms with Crippen LogP contribution in [0.3, 0.4) is 0 Å². The minimum atomic E-state index is 0.682. The molecular formula is C14H28N2. The van der Waals surface area contributed by atoms with Crippen LogP contribution >= 0.6 is 0 Å². The molecule has 2 rings (SSSR count). The summed E-state index contributed by atoms with van der Waals surface area (Å²) in [5.74, 6) is 0. The van der Waals surface area contributed by atoms with Crippen molar-refractivity contribution in [1.82, 2.24) is 10.2 Å². The summed E-state index contributed by atoms with van der Waals surface area (Å²) in [6.07, 6.45) is 10.2. The topological polar surface area (TPSA) is 15.3 Å². The summed E-state index contributed by atoms with van der Waals surface area (Å²) in [6, 6.07) is 2.29. The maximum absolute atomic E-state index is 3.59. The first kappa shape index (κ1) is 12.4. The fraction of sp³-hybridized carbons (Fsp3) is 1.00. The monoisotopic (exact) mass is 224 g/mol. The average molecular weight is 224 g/mol. The first-order valence-electron chi connectivity index (χ1n) is 7.26. The molecule has 1 aliphatic heterocycles. The molecule has 0 aromatic carbocycles. The Hall–Kier alpha value is -0.0800. The predicted molar refractivity (Wildman–Crippen MR) is 69.7 cm³/mol.